The van der Waals surface area contributed by atoms with Gasteiger partial charge in [-0.25, -0.2) is 4.79 Å². The van der Waals surface area contributed by atoms with Crippen molar-refractivity contribution >= 4 is 11.9 Å². The van der Waals surface area contributed by atoms with Gasteiger partial charge >= 0.3 is 5.97 Å². The standard InChI is InChI=1S/C12H19NO4/c1-4-17-10-5-9(6-10)13-11(14)7(2)8(3)12(15)16/h9-10H,4-6H2,1-3H3,(H,13,14)(H,15,16). The molecular weight excluding hydrogens is 222 g/mol. The molecule has 5 nitrogen and oxygen atoms in total. The van der Waals surface area contributed by atoms with Crippen molar-refractivity contribution in [2.45, 2.75) is 45.8 Å². The van der Waals surface area contributed by atoms with Crippen molar-refractivity contribution in [3.05, 3.63) is 11.1 Å². The third-order valence-electron chi connectivity index (χ3n) is 3.06. The van der Waals surface area contributed by atoms with Crippen LogP contribution in [0.4, 0.5) is 0 Å². The summed E-state index contributed by atoms with van der Waals surface area (Å²) >= 11 is 0. The molecule has 0 bridgehead atoms. The Bertz CT molecular complexity index is 342. The van der Waals surface area contributed by atoms with Crippen molar-refractivity contribution < 1.29 is 19.4 Å². The smallest absolute Gasteiger partial charge is 0.331 e. The van der Waals surface area contributed by atoms with Crippen LogP contribution in [0.2, 0.25) is 0 Å². The third kappa shape index (κ3) is 3.56. The molecule has 0 aromatic carbocycles. The molecule has 0 aromatic heterocycles. The van der Waals surface area contributed by atoms with Gasteiger partial charge in [-0.05, 0) is 33.6 Å². The SMILES string of the molecule is CCOC1CC(NC(=O)C(C)=C(C)C(=O)O)C1. The summed E-state index contributed by atoms with van der Waals surface area (Å²) in [6.07, 6.45) is 1.84. The van der Waals surface area contributed by atoms with Crippen LogP contribution < -0.4 is 5.32 Å². The highest BCUT2D eigenvalue weighted by Crippen LogP contribution is 2.23. The summed E-state index contributed by atoms with van der Waals surface area (Å²) < 4.78 is 5.38. The van der Waals surface area contributed by atoms with Gasteiger partial charge in [-0.3, -0.25) is 4.79 Å². The van der Waals surface area contributed by atoms with Gasteiger partial charge in [0.15, 0.2) is 0 Å². The van der Waals surface area contributed by atoms with Crippen LogP contribution in [0.3, 0.4) is 0 Å². The first-order valence-electron chi connectivity index (χ1n) is 5.79. The molecule has 0 radical (unpaired) electrons. The number of carboxylic acids is 1. The molecule has 0 aromatic rings. The topological polar surface area (TPSA) is 75.6 Å². The van der Waals surface area contributed by atoms with Gasteiger partial charge in [0.1, 0.15) is 0 Å². The lowest BCUT2D eigenvalue weighted by atomic mass is 9.89. The van der Waals surface area contributed by atoms with Gasteiger partial charge in [-0.1, -0.05) is 0 Å². The van der Waals surface area contributed by atoms with Gasteiger partial charge in [0.2, 0.25) is 5.91 Å². The first-order chi connectivity index (χ1) is 7.95. The van der Waals surface area contributed by atoms with Crippen LogP contribution in [0.25, 0.3) is 0 Å². The van der Waals surface area contributed by atoms with Crippen LogP contribution in [-0.2, 0) is 14.3 Å². The third-order valence-corrected chi connectivity index (χ3v) is 3.06. The van der Waals surface area contributed by atoms with Crippen LogP contribution in [0.5, 0.6) is 0 Å². The normalized spacial score (nSPS) is 24.6. The molecular formula is C12H19NO4. The molecule has 17 heavy (non-hydrogen) atoms. The first kappa shape index (κ1) is 13.7. The molecule has 2 N–H and O–H groups in total. The molecule has 1 saturated carbocycles. The number of aliphatic carboxylic acids is 1. The Hall–Kier alpha value is -1.36. The number of hydrogen-bond donors (Lipinski definition) is 2. The Morgan fingerprint density at radius 2 is 1.88 bits per heavy atom. The summed E-state index contributed by atoms with van der Waals surface area (Å²) in [5, 5.41) is 11.6. The van der Waals surface area contributed by atoms with E-state index in [-0.39, 0.29) is 29.2 Å². The lowest BCUT2D eigenvalue weighted by Crippen LogP contribution is -2.48. The van der Waals surface area contributed by atoms with Gasteiger partial charge in [-0.15, -0.1) is 0 Å². The van der Waals surface area contributed by atoms with E-state index in [1.165, 1.54) is 13.8 Å². The monoisotopic (exact) mass is 241 g/mol. The number of nitrogens with one attached hydrogen (secondary N) is 1. The minimum atomic E-state index is -1.06. The second kappa shape index (κ2) is 5.82. The van der Waals surface area contributed by atoms with Crippen molar-refractivity contribution in [3.8, 4) is 0 Å². The maximum Gasteiger partial charge on any atom is 0.331 e. The molecule has 1 amide bonds. The fourth-order valence-electron chi connectivity index (χ4n) is 1.68. The number of carbonyl (C=O) groups excluding carboxylic acids is 1. The zero-order valence-electron chi connectivity index (χ0n) is 10.4. The number of hydrogen-bond acceptors (Lipinski definition) is 3. The first-order valence-corrected chi connectivity index (χ1v) is 5.79. The summed E-state index contributed by atoms with van der Waals surface area (Å²) in [4.78, 5) is 22.4. The Morgan fingerprint density at radius 1 is 1.29 bits per heavy atom. The average Bonchev–Trinajstić information content (AvgIpc) is 2.23. The number of rotatable bonds is 5. The Morgan fingerprint density at radius 3 is 2.35 bits per heavy atom. The zero-order valence-corrected chi connectivity index (χ0v) is 10.4. The van der Waals surface area contributed by atoms with E-state index >= 15 is 0 Å². The second-order valence-electron chi connectivity index (χ2n) is 4.27. The van der Waals surface area contributed by atoms with Crippen LogP contribution in [-0.4, -0.2) is 35.7 Å². The van der Waals surface area contributed by atoms with E-state index in [4.69, 9.17) is 9.84 Å². The minimum Gasteiger partial charge on any atom is -0.478 e. The minimum absolute atomic E-state index is 0.0863. The maximum absolute atomic E-state index is 11.7. The van der Waals surface area contributed by atoms with Crippen molar-refractivity contribution in [1.82, 2.24) is 5.32 Å². The quantitative estimate of drug-likeness (QED) is 0.706. The largest absolute Gasteiger partial charge is 0.478 e. The number of carboxylic acid groups (broad SMARTS) is 1. The van der Waals surface area contributed by atoms with Crippen LogP contribution in [0, 0.1) is 0 Å². The van der Waals surface area contributed by atoms with Gasteiger partial charge in [0.25, 0.3) is 0 Å². The highest BCUT2D eigenvalue weighted by molar-refractivity contribution is 6.01. The summed E-state index contributed by atoms with van der Waals surface area (Å²) in [7, 11) is 0. The Kier molecular flexibility index (Phi) is 4.69. The van der Waals surface area contributed by atoms with E-state index in [1.54, 1.807) is 0 Å². The van der Waals surface area contributed by atoms with Crippen molar-refractivity contribution in [3.63, 3.8) is 0 Å². The van der Waals surface area contributed by atoms with Crippen molar-refractivity contribution in [2.24, 2.45) is 0 Å². The molecule has 0 spiro atoms. The number of carbonyl (C=O) groups is 2. The molecule has 96 valence electrons. The van der Waals surface area contributed by atoms with E-state index in [2.05, 4.69) is 5.32 Å². The van der Waals surface area contributed by atoms with Crippen molar-refractivity contribution in [1.29, 1.82) is 0 Å². The predicted molar refractivity (Wildman–Crippen MR) is 62.6 cm³/mol. The second-order valence-corrected chi connectivity index (χ2v) is 4.27. The van der Waals surface area contributed by atoms with E-state index in [9.17, 15) is 9.59 Å². The molecule has 1 fully saturated rings. The van der Waals surface area contributed by atoms with Crippen LogP contribution >= 0.6 is 0 Å². The highest BCUT2D eigenvalue weighted by atomic mass is 16.5. The summed E-state index contributed by atoms with van der Waals surface area (Å²) in [5.41, 5.74) is 0.348. The molecule has 5 heteroatoms. The molecule has 0 aliphatic heterocycles. The summed E-state index contributed by atoms with van der Waals surface area (Å²) in [6.45, 7) is 5.58. The van der Waals surface area contributed by atoms with Crippen LogP contribution in [0.15, 0.2) is 11.1 Å². The molecule has 0 atom stereocenters. The summed E-state index contributed by atoms with van der Waals surface area (Å²) in [6, 6.07) is 0.107. The predicted octanol–water partition coefficient (Wildman–Crippen LogP) is 1.09. The lowest BCUT2D eigenvalue weighted by Gasteiger charge is -2.35. The fourth-order valence-corrected chi connectivity index (χ4v) is 1.68. The fraction of sp³-hybridized carbons (Fsp3) is 0.667. The molecule has 0 unspecified atom stereocenters. The van der Waals surface area contributed by atoms with E-state index in [0.717, 1.165) is 12.8 Å². The van der Waals surface area contributed by atoms with Gasteiger partial charge in [0, 0.05) is 23.8 Å². The van der Waals surface area contributed by atoms with E-state index in [1.807, 2.05) is 6.92 Å². The van der Waals surface area contributed by atoms with E-state index < -0.39 is 5.97 Å². The average molecular weight is 241 g/mol. The van der Waals surface area contributed by atoms with Gasteiger partial charge in [-0.2, -0.15) is 0 Å². The molecule has 0 heterocycles. The number of amides is 1. The van der Waals surface area contributed by atoms with Crippen molar-refractivity contribution in [2.75, 3.05) is 6.61 Å². The highest BCUT2D eigenvalue weighted by Gasteiger charge is 2.31. The molecule has 1 aliphatic carbocycles. The summed E-state index contributed by atoms with van der Waals surface area (Å²) in [5.74, 6) is -1.36. The van der Waals surface area contributed by atoms with Gasteiger partial charge in [0.05, 0.1) is 6.10 Å². The maximum atomic E-state index is 11.7. The lowest BCUT2D eigenvalue weighted by molar-refractivity contribution is -0.133. The Labute approximate surface area is 101 Å². The van der Waals surface area contributed by atoms with E-state index in [0.29, 0.717) is 6.61 Å². The molecule has 1 aliphatic rings. The Balaban J connectivity index is 2.42. The molecule has 0 saturated heterocycles. The molecule has 1 rings (SSSR count). The zero-order chi connectivity index (χ0) is 13.0. The van der Waals surface area contributed by atoms with Gasteiger partial charge < -0.3 is 15.2 Å². The van der Waals surface area contributed by atoms with Crippen LogP contribution in [0.1, 0.15) is 33.6 Å². The number of ether oxygens (including phenoxy) is 1.